The second-order valence-corrected chi connectivity index (χ2v) is 12.4. The third-order valence-corrected chi connectivity index (χ3v) is 7.97. The maximum Gasteiger partial charge on any atom is 0.407 e. The van der Waals surface area contributed by atoms with E-state index in [9.17, 15) is 24.3 Å². The standard InChI is InChI=1S/C33H55N5O7/c1-7-44-32(42)35-28(22(3)4)30(40)34-26(19-24-15-11-9-12-16-24)27(39)21-38(20-25-17-13-10-14-18-25)37-31(41)29(23(5)6)36-33(43)45-8-2/h9,11-12,15-16,22-23,25-29,39H,7-8,10,13-14,17-21H2,1-6H3,(H,34,40)(H,35,42)(H,36,43)(H,37,41)/t26?,27?,28-,29-/m0/s1. The molecule has 0 radical (unpaired) electrons. The fraction of sp³-hybridized carbons (Fsp3) is 0.697. The number of ether oxygens (including phenoxy) is 2. The van der Waals surface area contributed by atoms with Gasteiger partial charge in [0.05, 0.1) is 25.4 Å². The molecule has 1 aromatic rings. The van der Waals surface area contributed by atoms with Gasteiger partial charge in [-0.2, -0.15) is 0 Å². The molecule has 4 atom stereocenters. The first kappa shape index (κ1) is 37.8. The van der Waals surface area contributed by atoms with Crippen molar-refractivity contribution in [1.82, 2.24) is 26.4 Å². The van der Waals surface area contributed by atoms with E-state index in [0.717, 1.165) is 31.2 Å². The molecule has 1 fully saturated rings. The molecule has 0 aromatic heterocycles. The van der Waals surface area contributed by atoms with Crippen LogP contribution >= 0.6 is 0 Å². The molecule has 1 aliphatic carbocycles. The van der Waals surface area contributed by atoms with E-state index >= 15 is 0 Å². The minimum Gasteiger partial charge on any atom is -0.450 e. The lowest BCUT2D eigenvalue weighted by atomic mass is 9.89. The van der Waals surface area contributed by atoms with Gasteiger partial charge in [0, 0.05) is 13.1 Å². The minimum atomic E-state index is -1.09. The van der Waals surface area contributed by atoms with Crippen LogP contribution in [0.4, 0.5) is 9.59 Å². The average Bonchev–Trinajstić information content (AvgIpc) is 2.99. The molecule has 2 unspecified atom stereocenters. The van der Waals surface area contributed by atoms with Gasteiger partial charge in [-0.15, -0.1) is 0 Å². The summed E-state index contributed by atoms with van der Waals surface area (Å²) in [7, 11) is 0. The van der Waals surface area contributed by atoms with Gasteiger partial charge in [0.2, 0.25) is 5.91 Å². The predicted octanol–water partition coefficient (Wildman–Crippen LogP) is 3.53. The highest BCUT2D eigenvalue weighted by atomic mass is 16.6. The number of alkyl carbamates (subject to hydrolysis) is 2. The highest BCUT2D eigenvalue weighted by Gasteiger charge is 2.32. The summed E-state index contributed by atoms with van der Waals surface area (Å²) in [5.74, 6) is -1.00. The number of carbonyl (C=O) groups excluding carboxylic acids is 4. The number of nitrogens with zero attached hydrogens (tertiary/aromatic N) is 1. The summed E-state index contributed by atoms with van der Waals surface area (Å²) in [6, 6.07) is 7.02. The first-order valence-corrected chi connectivity index (χ1v) is 16.4. The third-order valence-electron chi connectivity index (χ3n) is 7.97. The largest absolute Gasteiger partial charge is 0.450 e. The normalized spacial score (nSPS) is 16.4. The molecule has 0 saturated heterocycles. The van der Waals surface area contributed by atoms with Gasteiger partial charge in [0.1, 0.15) is 12.1 Å². The molecule has 12 heteroatoms. The van der Waals surface area contributed by atoms with Crippen molar-refractivity contribution in [2.75, 3.05) is 26.3 Å². The van der Waals surface area contributed by atoms with Crippen molar-refractivity contribution < 1.29 is 33.8 Å². The monoisotopic (exact) mass is 633 g/mol. The second kappa shape index (κ2) is 19.9. The van der Waals surface area contributed by atoms with Crippen molar-refractivity contribution in [1.29, 1.82) is 0 Å². The highest BCUT2D eigenvalue weighted by molar-refractivity contribution is 5.86. The summed E-state index contributed by atoms with van der Waals surface area (Å²) in [6.07, 6.45) is 3.26. The van der Waals surface area contributed by atoms with Gasteiger partial charge >= 0.3 is 12.2 Å². The molecule has 2 rings (SSSR count). The van der Waals surface area contributed by atoms with Gasteiger partial charge in [0.15, 0.2) is 0 Å². The fourth-order valence-electron chi connectivity index (χ4n) is 5.52. The van der Waals surface area contributed by atoms with E-state index in [1.165, 1.54) is 6.42 Å². The molecule has 12 nitrogen and oxygen atoms in total. The fourth-order valence-corrected chi connectivity index (χ4v) is 5.52. The molecule has 0 heterocycles. The number of rotatable bonds is 17. The number of hydrogen-bond acceptors (Lipinski definition) is 8. The molecule has 4 amide bonds. The van der Waals surface area contributed by atoms with Gasteiger partial charge in [0.25, 0.3) is 5.91 Å². The van der Waals surface area contributed by atoms with Gasteiger partial charge in [-0.3, -0.25) is 15.0 Å². The Morgan fingerprint density at radius 2 is 1.36 bits per heavy atom. The van der Waals surface area contributed by atoms with Crippen LogP contribution in [0, 0.1) is 17.8 Å². The molecular weight excluding hydrogens is 578 g/mol. The molecule has 254 valence electrons. The van der Waals surface area contributed by atoms with Crippen LogP contribution in [-0.4, -0.2) is 84.6 Å². The summed E-state index contributed by atoms with van der Waals surface area (Å²) in [5.41, 5.74) is 3.86. The zero-order valence-corrected chi connectivity index (χ0v) is 27.8. The van der Waals surface area contributed by atoms with Gasteiger partial charge in [-0.1, -0.05) is 77.3 Å². The number of carbonyl (C=O) groups is 4. The Labute approximate surface area is 268 Å². The molecule has 5 N–H and O–H groups in total. The second-order valence-electron chi connectivity index (χ2n) is 12.4. The van der Waals surface area contributed by atoms with Crippen molar-refractivity contribution in [2.24, 2.45) is 17.8 Å². The lowest BCUT2D eigenvalue weighted by molar-refractivity contribution is -0.131. The third kappa shape index (κ3) is 13.7. The van der Waals surface area contributed by atoms with E-state index in [4.69, 9.17) is 9.47 Å². The Balaban J connectivity index is 2.30. The van der Waals surface area contributed by atoms with Crippen LogP contribution in [-0.2, 0) is 25.5 Å². The summed E-state index contributed by atoms with van der Waals surface area (Å²) in [6.45, 7) is 11.6. The number of amides is 4. The van der Waals surface area contributed by atoms with Crippen LogP contribution in [0.1, 0.15) is 79.2 Å². The Bertz CT molecular complexity index is 1050. The summed E-state index contributed by atoms with van der Waals surface area (Å²) >= 11 is 0. The van der Waals surface area contributed by atoms with Crippen LogP contribution in [0.2, 0.25) is 0 Å². The number of hydrogen-bond donors (Lipinski definition) is 5. The van der Waals surface area contributed by atoms with E-state index in [-0.39, 0.29) is 31.6 Å². The molecule has 1 aliphatic rings. The minimum absolute atomic E-state index is 0.0297. The molecule has 0 aliphatic heterocycles. The zero-order chi connectivity index (χ0) is 33.4. The summed E-state index contributed by atoms with van der Waals surface area (Å²) < 4.78 is 10.0. The molecular formula is C33H55N5O7. The number of hydrazine groups is 1. The van der Waals surface area contributed by atoms with E-state index in [0.29, 0.717) is 18.9 Å². The predicted molar refractivity (Wildman–Crippen MR) is 172 cm³/mol. The van der Waals surface area contributed by atoms with Crippen LogP contribution < -0.4 is 21.4 Å². The Kier molecular flexibility index (Phi) is 16.7. The van der Waals surface area contributed by atoms with E-state index in [1.54, 1.807) is 18.9 Å². The van der Waals surface area contributed by atoms with Crippen molar-refractivity contribution in [3.8, 4) is 0 Å². The summed E-state index contributed by atoms with van der Waals surface area (Å²) in [4.78, 5) is 51.3. The smallest absolute Gasteiger partial charge is 0.407 e. The molecule has 0 spiro atoms. The number of aliphatic hydroxyl groups excluding tert-OH is 1. The van der Waals surface area contributed by atoms with Crippen LogP contribution in [0.5, 0.6) is 0 Å². The molecule has 45 heavy (non-hydrogen) atoms. The van der Waals surface area contributed by atoms with Crippen LogP contribution in [0.3, 0.4) is 0 Å². The quantitative estimate of drug-likeness (QED) is 0.163. The SMILES string of the molecule is CCOC(=O)N[C@H](C(=O)NC(Cc1ccccc1)C(O)CN(CC1CCCCC1)NC(=O)[C@@H](NC(=O)OCC)C(C)C)C(C)C. The molecule has 1 aromatic carbocycles. The Morgan fingerprint density at radius 1 is 0.822 bits per heavy atom. The maximum atomic E-state index is 13.5. The number of aliphatic hydroxyl groups is 1. The van der Waals surface area contributed by atoms with Crippen LogP contribution in [0.15, 0.2) is 30.3 Å². The van der Waals surface area contributed by atoms with Gasteiger partial charge in [-0.05, 0) is 56.4 Å². The highest BCUT2D eigenvalue weighted by Crippen LogP contribution is 2.24. The van der Waals surface area contributed by atoms with Gasteiger partial charge < -0.3 is 30.5 Å². The number of benzene rings is 1. The average molecular weight is 634 g/mol. The molecule has 0 bridgehead atoms. The maximum absolute atomic E-state index is 13.5. The van der Waals surface area contributed by atoms with E-state index in [1.807, 2.05) is 58.0 Å². The van der Waals surface area contributed by atoms with E-state index in [2.05, 4.69) is 21.4 Å². The first-order chi connectivity index (χ1) is 21.4. The Morgan fingerprint density at radius 3 is 1.87 bits per heavy atom. The van der Waals surface area contributed by atoms with Crippen molar-refractivity contribution in [2.45, 2.75) is 104 Å². The topological polar surface area (TPSA) is 158 Å². The van der Waals surface area contributed by atoms with E-state index < -0.39 is 48.2 Å². The zero-order valence-electron chi connectivity index (χ0n) is 27.8. The summed E-state index contributed by atoms with van der Waals surface area (Å²) in [5, 5.41) is 21.6. The lowest BCUT2D eigenvalue weighted by Gasteiger charge is -2.35. The van der Waals surface area contributed by atoms with Crippen molar-refractivity contribution in [3.05, 3.63) is 35.9 Å². The Hall–Kier alpha value is -3.38. The van der Waals surface area contributed by atoms with Crippen LogP contribution in [0.25, 0.3) is 0 Å². The lowest BCUT2D eigenvalue weighted by Crippen LogP contribution is -2.60. The van der Waals surface area contributed by atoms with Crippen molar-refractivity contribution in [3.63, 3.8) is 0 Å². The number of nitrogens with one attached hydrogen (secondary N) is 4. The first-order valence-electron chi connectivity index (χ1n) is 16.4. The molecule has 1 saturated carbocycles. The van der Waals surface area contributed by atoms with Crippen molar-refractivity contribution >= 4 is 24.0 Å². The van der Waals surface area contributed by atoms with Gasteiger partial charge in [-0.25, -0.2) is 14.6 Å².